The van der Waals surface area contributed by atoms with Gasteiger partial charge < -0.3 is 15.0 Å². The number of carbonyl (C=O) groups is 2. The van der Waals surface area contributed by atoms with Gasteiger partial charge in [-0.25, -0.2) is 4.39 Å². The third-order valence-electron chi connectivity index (χ3n) is 7.14. The van der Waals surface area contributed by atoms with Crippen molar-refractivity contribution < 1.29 is 18.7 Å². The van der Waals surface area contributed by atoms with Crippen molar-refractivity contribution in [2.75, 3.05) is 13.1 Å². The third-order valence-corrected chi connectivity index (χ3v) is 7.14. The summed E-state index contributed by atoms with van der Waals surface area (Å²) in [4.78, 5) is 28.2. The molecule has 0 radical (unpaired) electrons. The van der Waals surface area contributed by atoms with Gasteiger partial charge in [0.15, 0.2) is 6.10 Å². The molecule has 2 amide bonds. The predicted octanol–water partition coefficient (Wildman–Crippen LogP) is 5.42. The van der Waals surface area contributed by atoms with Gasteiger partial charge in [0.05, 0.1) is 6.04 Å². The van der Waals surface area contributed by atoms with E-state index in [9.17, 15) is 14.0 Å². The van der Waals surface area contributed by atoms with E-state index in [1.807, 2.05) is 30.0 Å². The van der Waals surface area contributed by atoms with Gasteiger partial charge in [-0.05, 0) is 72.6 Å². The topological polar surface area (TPSA) is 58.6 Å². The number of hydrogen-bond acceptors (Lipinski definition) is 3. The Morgan fingerprint density at radius 2 is 1.83 bits per heavy atom. The summed E-state index contributed by atoms with van der Waals surface area (Å²) in [7, 11) is 0. The van der Waals surface area contributed by atoms with Crippen molar-refractivity contribution in [1.82, 2.24) is 10.2 Å². The molecule has 5 nitrogen and oxygen atoms in total. The van der Waals surface area contributed by atoms with Crippen LogP contribution in [0.1, 0.15) is 75.6 Å². The van der Waals surface area contributed by atoms with E-state index >= 15 is 0 Å². The van der Waals surface area contributed by atoms with E-state index in [-0.39, 0.29) is 29.6 Å². The van der Waals surface area contributed by atoms with Crippen LogP contribution in [0.2, 0.25) is 0 Å². The van der Waals surface area contributed by atoms with Crippen molar-refractivity contribution in [2.45, 2.75) is 71.4 Å². The third kappa shape index (κ3) is 5.85. The number of nitrogens with one attached hydrogen (secondary N) is 1. The number of benzene rings is 2. The molecule has 1 saturated carbocycles. The number of carbonyl (C=O) groups excluding carboxylic acids is 2. The van der Waals surface area contributed by atoms with Crippen LogP contribution in [0.15, 0.2) is 42.5 Å². The van der Waals surface area contributed by atoms with Crippen LogP contribution in [-0.4, -0.2) is 35.9 Å². The van der Waals surface area contributed by atoms with E-state index in [4.69, 9.17) is 4.74 Å². The number of hydrogen-bond donors (Lipinski definition) is 1. The van der Waals surface area contributed by atoms with Crippen LogP contribution >= 0.6 is 0 Å². The Hall–Kier alpha value is -2.89. The van der Waals surface area contributed by atoms with Crippen molar-refractivity contribution in [3.8, 4) is 5.75 Å². The van der Waals surface area contributed by atoms with Gasteiger partial charge in [0.25, 0.3) is 5.91 Å². The number of halogens is 1. The molecule has 4 rings (SSSR count). The van der Waals surface area contributed by atoms with E-state index in [0.29, 0.717) is 31.2 Å². The summed E-state index contributed by atoms with van der Waals surface area (Å²) in [6.07, 6.45) is 4.79. The smallest absolute Gasteiger partial charge is 0.261 e. The lowest BCUT2D eigenvalue weighted by Crippen LogP contribution is -2.43. The van der Waals surface area contributed by atoms with Crippen LogP contribution in [0, 0.1) is 17.7 Å². The van der Waals surface area contributed by atoms with E-state index in [0.717, 1.165) is 48.8 Å². The second-order valence-corrected chi connectivity index (χ2v) is 10.2. The Kier molecular flexibility index (Phi) is 8.09. The summed E-state index contributed by atoms with van der Waals surface area (Å²) in [5.74, 6) is 0.805. The van der Waals surface area contributed by atoms with Gasteiger partial charge in [-0.15, -0.1) is 0 Å². The van der Waals surface area contributed by atoms with E-state index in [1.165, 1.54) is 12.1 Å². The van der Waals surface area contributed by atoms with Crippen molar-refractivity contribution in [3.05, 3.63) is 65.0 Å². The average molecular weight is 481 g/mol. The predicted molar refractivity (Wildman–Crippen MR) is 135 cm³/mol. The molecule has 35 heavy (non-hydrogen) atoms. The molecule has 1 fully saturated rings. The molecule has 0 spiro atoms. The quantitative estimate of drug-likeness (QED) is 0.549. The lowest BCUT2D eigenvalue weighted by molar-refractivity contribution is -0.137. The van der Waals surface area contributed by atoms with Gasteiger partial charge in [-0.2, -0.15) is 0 Å². The molecule has 1 aliphatic heterocycles. The summed E-state index contributed by atoms with van der Waals surface area (Å²) in [5, 5.41) is 2.96. The molecule has 1 aliphatic carbocycles. The first-order valence-corrected chi connectivity index (χ1v) is 13.0. The molecule has 0 unspecified atom stereocenters. The normalized spacial score (nSPS) is 18.9. The molecule has 2 aromatic carbocycles. The highest BCUT2D eigenvalue weighted by Crippen LogP contribution is 2.40. The standard InChI is InChI=1S/C29H37FN2O3/c1-4-26(28(33)31-18-19(2)3)35-24-14-11-20-15-16-32(29(34)22-7-5-6-8-22)27(25(20)17-24)21-9-12-23(30)13-10-21/h9-14,17,19,22,26-27H,4-8,15-16,18H2,1-3H3,(H,31,33)/t26-,27-/m0/s1. The molecule has 0 aromatic heterocycles. The number of rotatable bonds is 8. The SMILES string of the molecule is CC[C@H](Oc1ccc2c(c1)[C@H](c1ccc(F)cc1)N(C(=O)C1CCCC1)CC2)C(=O)NCC(C)C. The fourth-order valence-electron chi connectivity index (χ4n) is 5.22. The molecule has 188 valence electrons. The zero-order valence-electron chi connectivity index (χ0n) is 21.1. The van der Waals surface area contributed by atoms with Crippen LogP contribution in [0.5, 0.6) is 5.75 Å². The van der Waals surface area contributed by atoms with E-state index in [2.05, 4.69) is 19.2 Å². The summed E-state index contributed by atoms with van der Waals surface area (Å²) < 4.78 is 19.9. The van der Waals surface area contributed by atoms with Crippen LogP contribution in [0.3, 0.4) is 0 Å². The van der Waals surface area contributed by atoms with Gasteiger partial charge in [0.2, 0.25) is 5.91 Å². The molecular formula is C29H37FN2O3. The van der Waals surface area contributed by atoms with Crippen LogP contribution < -0.4 is 10.1 Å². The zero-order valence-corrected chi connectivity index (χ0v) is 21.1. The zero-order chi connectivity index (χ0) is 24.9. The van der Waals surface area contributed by atoms with Crippen molar-refractivity contribution >= 4 is 11.8 Å². The molecule has 1 heterocycles. The van der Waals surface area contributed by atoms with E-state index < -0.39 is 6.10 Å². The van der Waals surface area contributed by atoms with Crippen molar-refractivity contribution in [1.29, 1.82) is 0 Å². The average Bonchev–Trinajstić information content (AvgIpc) is 3.40. The maximum Gasteiger partial charge on any atom is 0.261 e. The van der Waals surface area contributed by atoms with Gasteiger partial charge >= 0.3 is 0 Å². The summed E-state index contributed by atoms with van der Waals surface area (Å²) in [6, 6.07) is 12.1. The van der Waals surface area contributed by atoms with Crippen LogP contribution in [0.25, 0.3) is 0 Å². The molecule has 2 aromatic rings. The number of amides is 2. The first kappa shape index (κ1) is 25.2. The minimum atomic E-state index is -0.587. The summed E-state index contributed by atoms with van der Waals surface area (Å²) in [5.41, 5.74) is 3.03. The Balaban J connectivity index is 1.64. The van der Waals surface area contributed by atoms with Gasteiger partial charge in [0, 0.05) is 19.0 Å². The fourth-order valence-corrected chi connectivity index (χ4v) is 5.22. The van der Waals surface area contributed by atoms with Crippen molar-refractivity contribution in [2.24, 2.45) is 11.8 Å². The molecule has 2 aliphatic rings. The largest absolute Gasteiger partial charge is 0.481 e. The highest BCUT2D eigenvalue weighted by Gasteiger charge is 2.36. The van der Waals surface area contributed by atoms with Gasteiger partial charge in [-0.3, -0.25) is 9.59 Å². The summed E-state index contributed by atoms with van der Waals surface area (Å²) in [6.45, 7) is 7.29. The second kappa shape index (κ2) is 11.2. The Morgan fingerprint density at radius 1 is 1.11 bits per heavy atom. The highest BCUT2D eigenvalue weighted by molar-refractivity contribution is 5.81. The molecular weight excluding hydrogens is 443 g/mol. The Labute approximate surface area is 208 Å². The van der Waals surface area contributed by atoms with Crippen LogP contribution in [0.4, 0.5) is 4.39 Å². The molecule has 2 atom stereocenters. The maximum atomic E-state index is 13.7. The highest BCUT2D eigenvalue weighted by atomic mass is 19.1. The first-order chi connectivity index (χ1) is 16.9. The summed E-state index contributed by atoms with van der Waals surface area (Å²) >= 11 is 0. The Morgan fingerprint density at radius 3 is 2.49 bits per heavy atom. The number of ether oxygens (including phenoxy) is 1. The lowest BCUT2D eigenvalue weighted by Gasteiger charge is -2.39. The Bertz CT molecular complexity index is 1030. The monoisotopic (exact) mass is 480 g/mol. The minimum absolute atomic E-state index is 0.0630. The maximum absolute atomic E-state index is 13.7. The van der Waals surface area contributed by atoms with Gasteiger partial charge in [-0.1, -0.05) is 51.8 Å². The molecule has 0 bridgehead atoms. The van der Waals surface area contributed by atoms with Gasteiger partial charge in [0.1, 0.15) is 11.6 Å². The number of fused-ring (bicyclic) bond motifs is 1. The molecule has 0 saturated heterocycles. The molecule has 6 heteroatoms. The number of nitrogens with zero attached hydrogens (tertiary/aromatic N) is 1. The lowest BCUT2D eigenvalue weighted by atomic mass is 9.87. The second-order valence-electron chi connectivity index (χ2n) is 10.2. The van der Waals surface area contributed by atoms with Crippen LogP contribution in [-0.2, 0) is 16.0 Å². The molecule has 1 N–H and O–H groups in total. The minimum Gasteiger partial charge on any atom is -0.481 e. The fraction of sp³-hybridized carbons (Fsp3) is 0.517. The first-order valence-electron chi connectivity index (χ1n) is 13.0. The van der Waals surface area contributed by atoms with E-state index in [1.54, 1.807) is 12.1 Å². The van der Waals surface area contributed by atoms with Crippen molar-refractivity contribution in [3.63, 3.8) is 0 Å².